The average molecular weight is 265 g/mol. The molecule has 1 aromatic rings. The van der Waals surface area contributed by atoms with Gasteiger partial charge in [0.15, 0.2) is 0 Å². The molecule has 1 rings (SSSR count). The fourth-order valence-electron chi connectivity index (χ4n) is 1.12. The lowest BCUT2D eigenvalue weighted by molar-refractivity contribution is 0.173. The predicted molar refractivity (Wildman–Crippen MR) is 58.6 cm³/mol. The number of thiophene rings is 1. The van der Waals surface area contributed by atoms with Crippen LogP contribution in [0.1, 0.15) is 29.2 Å². The minimum absolute atomic E-state index is 0.412. The highest BCUT2D eigenvalue weighted by Crippen LogP contribution is 2.42. The van der Waals surface area contributed by atoms with E-state index in [2.05, 4.69) is 15.9 Å². The Morgan fingerprint density at radius 1 is 1.62 bits per heavy atom. The Bertz CT molecular complexity index is 296. The van der Waals surface area contributed by atoms with Gasteiger partial charge in [0, 0.05) is 4.88 Å². The lowest BCUT2D eigenvalue weighted by Gasteiger charge is -2.07. The van der Waals surface area contributed by atoms with Crippen LogP contribution in [0.2, 0.25) is 0 Å². The van der Waals surface area contributed by atoms with Crippen LogP contribution in [0.3, 0.4) is 0 Å². The highest BCUT2D eigenvalue weighted by Gasteiger charge is 2.19. The number of hydrogen-bond donors (Lipinski definition) is 1. The summed E-state index contributed by atoms with van der Waals surface area (Å²) in [4.78, 5) is 2.05. The van der Waals surface area contributed by atoms with Crippen molar-refractivity contribution in [3.05, 3.63) is 14.2 Å². The molecule has 0 amide bonds. The van der Waals surface area contributed by atoms with E-state index in [0.717, 1.165) is 20.0 Å². The first-order valence-electron chi connectivity index (χ1n) is 4.12. The van der Waals surface area contributed by atoms with Crippen LogP contribution in [-0.2, 0) is 0 Å². The number of hydrogen-bond acceptors (Lipinski definition) is 3. The minimum Gasteiger partial charge on any atom is -0.494 e. The summed E-state index contributed by atoms with van der Waals surface area (Å²) in [7, 11) is 1.62. The van der Waals surface area contributed by atoms with Crippen LogP contribution in [0, 0.1) is 6.92 Å². The van der Waals surface area contributed by atoms with Crippen LogP contribution in [0.25, 0.3) is 0 Å². The topological polar surface area (TPSA) is 29.5 Å². The van der Waals surface area contributed by atoms with Crippen molar-refractivity contribution < 1.29 is 9.84 Å². The van der Waals surface area contributed by atoms with E-state index in [1.54, 1.807) is 18.4 Å². The molecule has 0 spiro atoms. The quantitative estimate of drug-likeness (QED) is 0.908. The summed E-state index contributed by atoms with van der Waals surface area (Å²) < 4.78 is 6.18. The molecule has 13 heavy (non-hydrogen) atoms. The van der Waals surface area contributed by atoms with Gasteiger partial charge in [-0.25, -0.2) is 0 Å². The summed E-state index contributed by atoms with van der Waals surface area (Å²) in [6.07, 6.45) is 0.299. The fraction of sp³-hybridized carbons (Fsp3) is 0.556. The standard InChI is InChI=1S/C9H13BrO2S/c1-4-6(11)9-8(12-3)7(10)5(2)13-9/h6,11H,4H2,1-3H3. The maximum atomic E-state index is 9.69. The Labute approximate surface area is 90.7 Å². The Morgan fingerprint density at radius 3 is 2.69 bits per heavy atom. The van der Waals surface area contributed by atoms with E-state index in [4.69, 9.17) is 4.74 Å². The van der Waals surface area contributed by atoms with E-state index < -0.39 is 6.10 Å². The highest BCUT2D eigenvalue weighted by molar-refractivity contribution is 9.10. The first-order valence-corrected chi connectivity index (χ1v) is 5.73. The minimum atomic E-state index is -0.412. The van der Waals surface area contributed by atoms with Gasteiger partial charge in [-0.15, -0.1) is 11.3 Å². The second-order valence-electron chi connectivity index (χ2n) is 2.79. The molecule has 0 aliphatic heterocycles. The number of aliphatic hydroxyl groups excluding tert-OH is 1. The second kappa shape index (κ2) is 4.44. The molecule has 0 saturated carbocycles. The molecular formula is C9H13BrO2S. The zero-order chi connectivity index (χ0) is 10.0. The number of rotatable bonds is 3. The molecule has 4 heteroatoms. The first-order chi connectivity index (χ1) is 6.11. The summed E-state index contributed by atoms with van der Waals surface area (Å²) in [6.45, 7) is 3.95. The summed E-state index contributed by atoms with van der Waals surface area (Å²) in [5.74, 6) is 0.775. The van der Waals surface area contributed by atoms with Crippen molar-refractivity contribution >= 4 is 27.3 Å². The third kappa shape index (κ3) is 2.06. The van der Waals surface area contributed by atoms with E-state index in [-0.39, 0.29) is 0 Å². The molecule has 74 valence electrons. The molecule has 0 saturated heterocycles. The van der Waals surface area contributed by atoms with Crippen LogP contribution in [0.15, 0.2) is 4.47 Å². The number of halogens is 1. The van der Waals surface area contributed by atoms with Crippen molar-refractivity contribution in [2.45, 2.75) is 26.4 Å². The van der Waals surface area contributed by atoms with Gasteiger partial charge in [-0.1, -0.05) is 6.92 Å². The molecule has 1 unspecified atom stereocenters. The number of ether oxygens (including phenoxy) is 1. The molecule has 0 radical (unpaired) electrons. The third-order valence-electron chi connectivity index (χ3n) is 1.89. The Balaban J connectivity index is 3.13. The second-order valence-corrected chi connectivity index (χ2v) is 4.84. The van der Waals surface area contributed by atoms with Gasteiger partial charge < -0.3 is 9.84 Å². The average Bonchev–Trinajstić information content (AvgIpc) is 2.42. The predicted octanol–water partition coefficient (Wildman–Crippen LogP) is 3.27. The van der Waals surface area contributed by atoms with Crippen LogP contribution in [0.5, 0.6) is 5.75 Å². The molecule has 0 aliphatic carbocycles. The van der Waals surface area contributed by atoms with E-state index in [1.807, 2.05) is 13.8 Å². The third-order valence-corrected chi connectivity index (χ3v) is 4.29. The fourth-order valence-corrected chi connectivity index (χ4v) is 2.96. The molecule has 0 aliphatic rings. The van der Waals surface area contributed by atoms with Crippen LogP contribution >= 0.6 is 27.3 Å². The molecule has 2 nitrogen and oxygen atoms in total. The van der Waals surface area contributed by atoms with Crippen molar-refractivity contribution in [3.8, 4) is 5.75 Å². The Hall–Kier alpha value is -0.0600. The zero-order valence-corrected chi connectivity index (χ0v) is 10.3. The molecular weight excluding hydrogens is 252 g/mol. The molecule has 0 fully saturated rings. The van der Waals surface area contributed by atoms with Crippen molar-refractivity contribution in [1.29, 1.82) is 0 Å². The van der Waals surface area contributed by atoms with Gasteiger partial charge in [0.05, 0.1) is 22.6 Å². The maximum absolute atomic E-state index is 9.69. The highest BCUT2D eigenvalue weighted by atomic mass is 79.9. The van der Waals surface area contributed by atoms with Gasteiger partial charge >= 0.3 is 0 Å². The lowest BCUT2D eigenvalue weighted by Crippen LogP contribution is -1.94. The van der Waals surface area contributed by atoms with E-state index in [1.165, 1.54) is 0 Å². The maximum Gasteiger partial charge on any atom is 0.149 e. The van der Waals surface area contributed by atoms with Gasteiger partial charge in [0.25, 0.3) is 0 Å². The van der Waals surface area contributed by atoms with Gasteiger partial charge in [-0.05, 0) is 29.3 Å². The number of aryl methyl sites for hydroxylation is 1. The summed E-state index contributed by atoms with van der Waals surface area (Å²) in [5.41, 5.74) is 0. The number of methoxy groups -OCH3 is 1. The normalized spacial score (nSPS) is 13.0. The summed E-state index contributed by atoms with van der Waals surface area (Å²) in [5, 5.41) is 9.69. The Morgan fingerprint density at radius 2 is 2.23 bits per heavy atom. The monoisotopic (exact) mass is 264 g/mol. The molecule has 1 aromatic heterocycles. The summed E-state index contributed by atoms with van der Waals surface area (Å²) >= 11 is 5.01. The van der Waals surface area contributed by atoms with Crippen molar-refractivity contribution in [1.82, 2.24) is 0 Å². The molecule has 0 aromatic carbocycles. The smallest absolute Gasteiger partial charge is 0.149 e. The van der Waals surface area contributed by atoms with Crippen LogP contribution in [-0.4, -0.2) is 12.2 Å². The summed E-state index contributed by atoms with van der Waals surface area (Å²) in [6, 6.07) is 0. The van der Waals surface area contributed by atoms with Gasteiger partial charge in [-0.2, -0.15) is 0 Å². The Kier molecular flexibility index (Phi) is 3.76. The SMILES string of the molecule is CCC(O)c1sc(C)c(Br)c1OC. The van der Waals surface area contributed by atoms with Crippen molar-refractivity contribution in [2.75, 3.05) is 7.11 Å². The van der Waals surface area contributed by atoms with Gasteiger partial charge in [-0.3, -0.25) is 0 Å². The van der Waals surface area contributed by atoms with Crippen LogP contribution in [0.4, 0.5) is 0 Å². The van der Waals surface area contributed by atoms with Crippen LogP contribution < -0.4 is 4.74 Å². The van der Waals surface area contributed by atoms with Gasteiger partial charge in [0.2, 0.25) is 0 Å². The lowest BCUT2D eigenvalue weighted by atomic mass is 10.2. The van der Waals surface area contributed by atoms with Gasteiger partial charge in [0.1, 0.15) is 5.75 Å². The largest absolute Gasteiger partial charge is 0.494 e. The molecule has 1 N–H and O–H groups in total. The van der Waals surface area contributed by atoms with Crippen molar-refractivity contribution in [2.24, 2.45) is 0 Å². The van der Waals surface area contributed by atoms with E-state index in [9.17, 15) is 5.11 Å². The van der Waals surface area contributed by atoms with Crippen molar-refractivity contribution in [3.63, 3.8) is 0 Å². The molecule has 1 atom stereocenters. The molecule has 1 heterocycles. The molecule has 0 bridgehead atoms. The van der Waals surface area contributed by atoms with E-state index in [0.29, 0.717) is 6.42 Å². The number of aliphatic hydroxyl groups is 1. The zero-order valence-electron chi connectivity index (χ0n) is 7.93. The van der Waals surface area contributed by atoms with E-state index >= 15 is 0 Å². The first kappa shape index (κ1) is 11.0.